The van der Waals surface area contributed by atoms with Gasteiger partial charge in [-0.1, -0.05) is 0 Å². The average Bonchev–Trinajstić information content (AvgIpc) is 2.63. The molecule has 0 aliphatic carbocycles. The van der Waals surface area contributed by atoms with E-state index in [1.165, 1.54) is 0 Å². The minimum atomic E-state index is 0.00542. The Balaban J connectivity index is 2.11. The van der Waals surface area contributed by atoms with Gasteiger partial charge < -0.3 is 14.6 Å². The summed E-state index contributed by atoms with van der Waals surface area (Å²) < 4.78 is 5.20. The number of piperazine rings is 1. The molecular weight excluding hydrogens is 192 g/mol. The smallest absolute Gasteiger partial charge is 0.289 e. The predicted octanol–water partition coefficient (Wildman–Crippen LogP) is 1.02. The van der Waals surface area contributed by atoms with E-state index in [9.17, 15) is 4.79 Å². The predicted molar refractivity (Wildman–Crippen MR) is 56.8 cm³/mol. The Morgan fingerprint density at radius 2 is 2.47 bits per heavy atom. The lowest BCUT2D eigenvalue weighted by Crippen LogP contribution is -2.51. The first-order valence-corrected chi connectivity index (χ1v) is 5.25. The monoisotopic (exact) mass is 208 g/mol. The molecule has 1 N–H and O–H groups in total. The summed E-state index contributed by atoms with van der Waals surface area (Å²) in [5, 5.41) is 3.30. The van der Waals surface area contributed by atoms with Crippen molar-refractivity contribution in [3.63, 3.8) is 0 Å². The van der Waals surface area contributed by atoms with Crippen molar-refractivity contribution in [3.8, 4) is 0 Å². The van der Waals surface area contributed by atoms with Crippen LogP contribution in [0.2, 0.25) is 0 Å². The number of nitrogens with zero attached hydrogens (tertiary/aromatic N) is 1. The number of aryl methyl sites for hydroxylation is 1. The Bertz CT molecular complexity index is 359. The van der Waals surface area contributed by atoms with Gasteiger partial charge in [0.05, 0.1) is 6.26 Å². The Kier molecular flexibility index (Phi) is 2.77. The van der Waals surface area contributed by atoms with Gasteiger partial charge in [0.25, 0.3) is 5.91 Å². The average molecular weight is 208 g/mol. The van der Waals surface area contributed by atoms with Gasteiger partial charge in [-0.25, -0.2) is 0 Å². The van der Waals surface area contributed by atoms with Crippen molar-refractivity contribution in [1.82, 2.24) is 10.2 Å². The second kappa shape index (κ2) is 4.06. The van der Waals surface area contributed by atoms with E-state index in [1.54, 1.807) is 6.26 Å². The van der Waals surface area contributed by atoms with E-state index in [2.05, 4.69) is 12.2 Å². The second-order valence-electron chi connectivity index (χ2n) is 4.04. The third-order valence-electron chi connectivity index (χ3n) is 2.71. The molecular formula is C11H16N2O2. The van der Waals surface area contributed by atoms with Crippen molar-refractivity contribution >= 4 is 5.91 Å². The summed E-state index contributed by atoms with van der Waals surface area (Å²) in [6, 6.07) is 2.18. The summed E-state index contributed by atoms with van der Waals surface area (Å²) >= 11 is 0. The molecule has 1 saturated heterocycles. The largest absolute Gasteiger partial charge is 0.459 e. The molecule has 1 atom stereocenters. The molecule has 4 heteroatoms. The molecule has 1 aliphatic heterocycles. The molecule has 0 saturated carbocycles. The van der Waals surface area contributed by atoms with Gasteiger partial charge in [0.15, 0.2) is 5.76 Å². The van der Waals surface area contributed by atoms with Crippen molar-refractivity contribution in [1.29, 1.82) is 0 Å². The Morgan fingerprint density at radius 1 is 1.67 bits per heavy atom. The van der Waals surface area contributed by atoms with Crippen molar-refractivity contribution in [2.24, 2.45) is 0 Å². The van der Waals surface area contributed by atoms with Gasteiger partial charge in [0.1, 0.15) is 0 Å². The lowest BCUT2D eigenvalue weighted by Gasteiger charge is -2.31. The molecule has 0 bridgehead atoms. The van der Waals surface area contributed by atoms with E-state index in [4.69, 9.17) is 4.42 Å². The Hall–Kier alpha value is -1.29. The zero-order valence-electron chi connectivity index (χ0n) is 9.12. The standard InChI is InChI=1S/C11H16N2O2/c1-8-3-6-15-10(8)11(14)13-5-4-12-9(2)7-13/h3,6,9,12H,4-5,7H2,1-2H3. The molecule has 4 nitrogen and oxygen atoms in total. The van der Waals surface area contributed by atoms with Gasteiger partial charge in [0, 0.05) is 31.2 Å². The topological polar surface area (TPSA) is 45.5 Å². The van der Waals surface area contributed by atoms with Crippen molar-refractivity contribution < 1.29 is 9.21 Å². The number of amides is 1. The fourth-order valence-electron chi connectivity index (χ4n) is 1.85. The Labute approximate surface area is 89.2 Å². The van der Waals surface area contributed by atoms with Crippen LogP contribution in [0, 0.1) is 6.92 Å². The van der Waals surface area contributed by atoms with Crippen LogP contribution in [0.1, 0.15) is 23.0 Å². The van der Waals surface area contributed by atoms with Gasteiger partial charge in [0.2, 0.25) is 0 Å². The van der Waals surface area contributed by atoms with E-state index in [0.717, 1.165) is 25.2 Å². The van der Waals surface area contributed by atoms with E-state index in [1.807, 2.05) is 17.9 Å². The zero-order chi connectivity index (χ0) is 10.8. The molecule has 15 heavy (non-hydrogen) atoms. The molecule has 2 rings (SSSR count). The maximum absolute atomic E-state index is 12.0. The fraction of sp³-hybridized carbons (Fsp3) is 0.545. The minimum Gasteiger partial charge on any atom is -0.459 e. The third kappa shape index (κ3) is 2.04. The summed E-state index contributed by atoms with van der Waals surface area (Å²) in [6.07, 6.45) is 1.56. The Morgan fingerprint density at radius 3 is 3.07 bits per heavy atom. The first kappa shape index (κ1) is 10.2. The molecule has 1 aromatic heterocycles. The van der Waals surface area contributed by atoms with Crippen LogP contribution in [0.15, 0.2) is 16.7 Å². The highest BCUT2D eigenvalue weighted by atomic mass is 16.3. The van der Waals surface area contributed by atoms with E-state index in [0.29, 0.717) is 11.8 Å². The highest BCUT2D eigenvalue weighted by Gasteiger charge is 2.24. The first-order chi connectivity index (χ1) is 7.18. The van der Waals surface area contributed by atoms with Crippen molar-refractivity contribution in [2.75, 3.05) is 19.6 Å². The highest BCUT2D eigenvalue weighted by molar-refractivity contribution is 5.92. The molecule has 1 fully saturated rings. The maximum Gasteiger partial charge on any atom is 0.289 e. The number of hydrogen-bond donors (Lipinski definition) is 1. The highest BCUT2D eigenvalue weighted by Crippen LogP contribution is 2.13. The summed E-state index contributed by atoms with van der Waals surface area (Å²) in [7, 11) is 0. The van der Waals surface area contributed by atoms with Crippen LogP contribution in [0.25, 0.3) is 0 Å². The molecule has 1 aromatic rings. The van der Waals surface area contributed by atoms with Crippen molar-refractivity contribution in [3.05, 3.63) is 23.7 Å². The number of hydrogen-bond acceptors (Lipinski definition) is 3. The third-order valence-corrected chi connectivity index (χ3v) is 2.71. The molecule has 1 amide bonds. The summed E-state index contributed by atoms with van der Waals surface area (Å²) in [4.78, 5) is 13.9. The van der Waals surface area contributed by atoms with Crippen LogP contribution in [0.3, 0.4) is 0 Å². The van der Waals surface area contributed by atoms with Crippen molar-refractivity contribution in [2.45, 2.75) is 19.9 Å². The van der Waals surface area contributed by atoms with E-state index >= 15 is 0 Å². The molecule has 2 heterocycles. The molecule has 0 aromatic carbocycles. The van der Waals surface area contributed by atoms with Crippen LogP contribution in [-0.2, 0) is 0 Å². The molecule has 1 unspecified atom stereocenters. The van der Waals surface area contributed by atoms with E-state index in [-0.39, 0.29) is 5.91 Å². The van der Waals surface area contributed by atoms with Crippen LogP contribution in [0.5, 0.6) is 0 Å². The fourth-order valence-corrected chi connectivity index (χ4v) is 1.85. The van der Waals surface area contributed by atoms with Crippen LogP contribution < -0.4 is 5.32 Å². The van der Waals surface area contributed by atoms with Crippen LogP contribution in [0.4, 0.5) is 0 Å². The molecule has 0 spiro atoms. The molecule has 0 radical (unpaired) electrons. The van der Waals surface area contributed by atoms with Crippen LogP contribution in [-0.4, -0.2) is 36.5 Å². The number of nitrogens with one attached hydrogen (secondary N) is 1. The van der Waals surface area contributed by atoms with Gasteiger partial charge >= 0.3 is 0 Å². The van der Waals surface area contributed by atoms with Gasteiger partial charge in [-0.05, 0) is 19.9 Å². The minimum absolute atomic E-state index is 0.00542. The lowest BCUT2D eigenvalue weighted by molar-refractivity contribution is 0.0676. The summed E-state index contributed by atoms with van der Waals surface area (Å²) in [6.45, 7) is 6.33. The first-order valence-electron chi connectivity index (χ1n) is 5.25. The zero-order valence-corrected chi connectivity index (χ0v) is 9.12. The molecule has 82 valence electrons. The van der Waals surface area contributed by atoms with Gasteiger partial charge in [-0.15, -0.1) is 0 Å². The molecule has 1 aliphatic rings. The lowest BCUT2D eigenvalue weighted by atomic mass is 10.2. The summed E-state index contributed by atoms with van der Waals surface area (Å²) in [5.41, 5.74) is 0.909. The SMILES string of the molecule is Cc1ccoc1C(=O)N1CCNC(C)C1. The number of rotatable bonds is 1. The summed E-state index contributed by atoms with van der Waals surface area (Å²) in [5.74, 6) is 0.481. The van der Waals surface area contributed by atoms with Gasteiger partial charge in [-0.3, -0.25) is 4.79 Å². The second-order valence-corrected chi connectivity index (χ2v) is 4.04. The number of carbonyl (C=O) groups is 1. The van der Waals surface area contributed by atoms with E-state index < -0.39 is 0 Å². The number of furan rings is 1. The quantitative estimate of drug-likeness (QED) is 0.749. The number of carbonyl (C=O) groups excluding carboxylic acids is 1. The normalized spacial score (nSPS) is 21.7. The van der Waals surface area contributed by atoms with Crippen LogP contribution >= 0.6 is 0 Å². The maximum atomic E-state index is 12.0. The van der Waals surface area contributed by atoms with Gasteiger partial charge in [-0.2, -0.15) is 0 Å².